The second-order valence-corrected chi connectivity index (χ2v) is 4.13. The van der Waals surface area contributed by atoms with E-state index in [0.717, 1.165) is 12.1 Å². The summed E-state index contributed by atoms with van der Waals surface area (Å²) in [4.78, 5) is 4.29. The van der Waals surface area contributed by atoms with Gasteiger partial charge >= 0.3 is 0 Å². The van der Waals surface area contributed by atoms with Gasteiger partial charge in [-0.25, -0.2) is 4.90 Å². The molecule has 0 spiro atoms. The zero-order valence-electron chi connectivity index (χ0n) is 8.67. The largest absolute Gasteiger partial charge is 0.870 e. The van der Waals surface area contributed by atoms with Crippen molar-refractivity contribution in [1.82, 2.24) is 4.90 Å². The normalized spacial score (nSPS) is 25.0. The summed E-state index contributed by atoms with van der Waals surface area (Å²) in [5.41, 5.74) is 0. The third kappa shape index (κ3) is 2.73. The topological polar surface area (TPSA) is 37.7 Å². The molecule has 12 heavy (non-hydrogen) atoms. The SMILES string of the molecule is CC(C)N1CC[NH+](C(C)C)C1.[OH-]. The maximum atomic E-state index is 2.55. The molecule has 1 heterocycles. The molecule has 3 heteroatoms. The van der Waals surface area contributed by atoms with E-state index in [4.69, 9.17) is 0 Å². The van der Waals surface area contributed by atoms with Gasteiger partial charge < -0.3 is 10.4 Å². The predicted molar refractivity (Wildman–Crippen MR) is 49.6 cm³/mol. The summed E-state index contributed by atoms with van der Waals surface area (Å²) in [7, 11) is 0. The Hall–Kier alpha value is -0.120. The van der Waals surface area contributed by atoms with E-state index in [9.17, 15) is 0 Å². The lowest BCUT2D eigenvalue weighted by Gasteiger charge is -2.20. The fraction of sp³-hybridized carbons (Fsp3) is 1.00. The van der Waals surface area contributed by atoms with Gasteiger partial charge in [0, 0.05) is 6.04 Å². The standard InChI is InChI=1S/C9H20N2.H2O/c1-8(2)10-5-6-11(7-10)9(3)4;/h8-9H,5-7H2,1-4H3;1H2. The molecule has 0 aromatic carbocycles. The molecular weight excluding hydrogens is 152 g/mol. The van der Waals surface area contributed by atoms with Crippen LogP contribution in [-0.4, -0.2) is 42.2 Å². The van der Waals surface area contributed by atoms with Crippen LogP contribution in [0.4, 0.5) is 0 Å². The van der Waals surface area contributed by atoms with Crippen molar-refractivity contribution >= 4 is 0 Å². The fourth-order valence-corrected chi connectivity index (χ4v) is 1.62. The Bertz CT molecular complexity index is 112. The first-order valence-corrected chi connectivity index (χ1v) is 4.70. The van der Waals surface area contributed by atoms with Crippen LogP contribution in [0.15, 0.2) is 0 Å². The van der Waals surface area contributed by atoms with Gasteiger partial charge in [0.1, 0.15) is 6.67 Å². The maximum absolute atomic E-state index is 2.55. The van der Waals surface area contributed by atoms with Crippen LogP contribution in [0.25, 0.3) is 0 Å². The molecular formula is C9H22N2O. The molecule has 0 aromatic heterocycles. The van der Waals surface area contributed by atoms with Gasteiger partial charge in [0.15, 0.2) is 0 Å². The number of rotatable bonds is 2. The molecule has 0 bridgehead atoms. The van der Waals surface area contributed by atoms with E-state index in [0.29, 0.717) is 0 Å². The monoisotopic (exact) mass is 174 g/mol. The summed E-state index contributed by atoms with van der Waals surface area (Å²) in [6.07, 6.45) is 0. The van der Waals surface area contributed by atoms with Crippen LogP contribution in [0, 0.1) is 0 Å². The van der Waals surface area contributed by atoms with E-state index in [1.807, 2.05) is 0 Å². The van der Waals surface area contributed by atoms with Crippen molar-refractivity contribution in [3.05, 3.63) is 0 Å². The molecule has 1 saturated heterocycles. The van der Waals surface area contributed by atoms with Crippen molar-refractivity contribution < 1.29 is 10.4 Å². The van der Waals surface area contributed by atoms with Gasteiger partial charge in [-0.2, -0.15) is 0 Å². The highest BCUT2D eigenvalue weighted by atomic mass is 16.0. The molecule has 2 N–H and O–H groups in total. The number of quaternary nitrogens is 1. The Morgan fingerprint density at radius 1 is 1.17 bits per heavy atom. The number of nitrogens with one attached hydrogen (secondary N) is 1. The predicted octanol–water partition coefficient (Wildman–Crippen LogP) is -0.216. The zero-order chi connectivity index (χ0) is 8.43. The number of nitrogens with zero attached hydrogens (tertiary/aromatic N) is 1. The molecule has 1 rings (SSSR count). The molecule has 1 atom stereocenters. The molecule has 1 fully saturated rings. The van der Waals surface area contributed by atoms with Crippen molar-refractivity contribution in [2.75, 3.05) is 19.8 Å². The van der Waals surface area contributed by atoms with Crippen molar-refractivity contribution in [3.8, 4) is 0 Å². The van der Waals surface area contributed by atoms with Gasteiger partial charge in [-0.15, -0.1) is 0 Å². The minimum absolute atomic E-state index is 0. The molecule has 1 aliphatic heterocycles. The molecule has 1 aliphatic rings. The highest BCUT2D eigenvalue weighted by molar-refractivity contribution is 4.62. The van der Waals surface area contributed by atoms with E-state index in [1.54, 1.807) is 4.90 Å². The molecule has 0 amide bonds. The van der Waals surface area contributed by atoms with E-state index in [2.05, 4.69) is 32.6 Å². The summed E-state index contributed by atoms with van der Waals surface area (Å²) >= 11 is 0. The average Bonchev–Trinajstić information content (AvgIpc) is 2.33. The smallest absolute Gasteiger partial charge is 0.134 e. The summed E-state index contributed by atoms with van der Waals surface area (Å²) in [6.45, 7) is 13.0. The summed E-state index contributed by atoms with van der Waals surface area (Å²) < 4.78 is 0. The van der Waals surface area contributed by atoms with Crippen LogP contribution in [0.2, 0.25) is 0 Å². The van der Waals surface area contributed by atoms with Crippen LogP contribution >= 0.6 is 0 Å². The third-order valence-corrected chi connectivity index (χ3v) is 2.67. The first kappa shape index (κ1) is 11.9. The lowest BCUT2D eigenvalue weighted by molar-refractivity contribution is -0.913. The van der Waals surface area contributed by atoms with Gasteiger partial charge in [-0.05, 0) is 27.7 Å². The summed E-state index contributed by atoms with van der Waals surface area (Å²) in [5.74, 6) is 0. The van der Waals surface area contributed by atoms with E-state index in [-0.39, 0.29) is 5.48 Å². The van der Waals surface area contributed by atoms with Gasteiger partial charge in [-0.3, -0.25) is 0 Å². The molecule has 0 radical (unpaired) electrons. The Kier molecular flexibility index (Phi) is 4.75. The number of hydrogen-bond donors (Lipinski definition) is 1. The maximum Gasteiger partial charge on any atom is 0.134 e. The lowest BCUT2D eigenvalue weighted by Crippen LogP contribution is -3.13. The second kappa shape index (κ2) is 4.80. The summed E-state index contributed by atoms with van der Waals surface area (Å²) in [5, 5.41) is 0. The van der Waals surface area contributed by atoms with E-state index < -0.39 is 0 Å². The van der Waals surface area contributed by atoms with Crippen LogP contribution < -0.4 is 4.90 Å². The summed E-state index contributed by atoms with van der Waals surface area (Å²) in [6, 6.07) is 1.52. The lowest BCUT2D eigenvalue weighted by atomic mass is 10.3. The highest BCUT2D eigenvalue weighted by Crippen LogP contribution is 1.96. The van der Waals surface area contributed by atoms with Gasteiger partial charge in [0.05, 0.1) is 19.1 Å². The van der Waals surface area contributed by atoms with Crippen LogP contribution in [-0.2, 0) is 0 Å². The van der Waals surface area contributed by atoms with Gasteiger partial charge in [-0.1, -0.05) is 0 Å². The Morgan fingerprint density at radius 3 is 2.00 bits per heavy atom. The Balaban J connectivity index is 0.00000121. The van der Waals surface area contributed by atoms with Crippen LogP contribution in [0.3, 0.4) is 0 Å². The van der Waals surface area contributed by atoms with Gasteiger partial charge in [0.2, 0.25) is 0 Å². The second-order valence-electron chi connectivity index (χ2n) is 4.13. The zero-order valence-corrected chi connectivity index (χ0v) is 8.67. The molecule has 0 aliphatic carbocycles. The Morgan fingerprint density at radius 2 is 1.75 bits per heavy atom. The molecule has 3 nitrogen and oxygen atoms in total. The van der Waals surface area contributed by atoms with E-state index in [1.165, 1.54) is 19.8 Å². The highest BCUT2D eigenvalue weighted by Gasteiger charge is 2.26. The van der Waals surface area contributed by atoms with Crippen molar-refractivity contribution in [1.29, 1.82) is 0 Å². The van der Waals surface area contributed by atoms with Crippen molar-refractivity contribution in [2.24, 2.45) is 0 Å². The van der Waals surface area contributed by atoms with Crippen LogP contribution in [0.5, 0.6) is 0 Å². The molecule has 74 valence electrons. The van der Waals surface area contributed by atoms with Gasteiger partial charge in [0.25, 0.3) is 0 Å². The van der Waals surface area contributed by atoms with Crippen molar-refractivity contribution in [2.45, 2.75) is 39.8 Å². The quantitative estimate of drug-likeness (QED) is 0.629. The third-order valence-electron chi connectivity index (χ3n) is 2.67. The first-order chi connectivity index (χ1) is 5.11. The average molecular weight is 174 g/mol. The number of hydrogen-bond acceptors (Lipinski definition) is 2. The fourth-order valence-electron chi connectivity index (χ4n) is 1.62. The minimum Gasteiger partial charge on any atom is -0.870 e. The Labute approximate surface area is 75.7 Å². The van der Waals surface area contributed by atoms with Crippen LogP contribution in [0.1, 0.15) is 27.7 Å². The molecule has 1 unspecified atom stereocenters. The molecule has 0 saturated carbocycles. The van der Waals surface area contributed by atoms with E-state index >= 15 is 0 Å². The molecule has 0 aromatic rings. The first-order valence-electron chi connectivity index (χ1n) is 4.70. The minimum atomic E-state index is 0. The van der Waals surface area contributed by atoms with Crippen molar-refractivity contribution in [3.63, 3.8) is 0 Å².